The monoisotopic (exact) mass is 424 g/mol. The van der Waals surface area contributed by atoms with Crippen LogP contribution in [0, 0.1) is 0 Å². The van der Waals surface area contributed by atoms with Crippen LogP contribution < -0.4 is 0 Å². The smallest absolute Gasteiger partial charge is 0.289 e. The van der Waals surface area contributed by atoms with Crippen molar-refractivity contribution in [2.75, 3.05) is 0 Å². The highest BCUT2D eigenvalue weighted by Gasteiger charge is 2.40. The lowest BCUT2D eigenvalue weighted by Gasteiger charge is -2.19. The summed E-state index contributed by atoms with van der Waals surface area (Å²) < 4.78 is 40.9. The van der Waals surface area contributed by atoms with Crippen molar-refractivity contribution in [3.05, 3.63) is 71.8 Å². The van der Waals surface area contributed by atoms with Crippen LogP contribution in [0.15, 0.2) is 60.7 Å². The van der Waals surface area contributed by atoms with Crippen LogP contribution in [-0.4, -0.2) is 49.8 Å². The van der Waals surface area contributed by atoms with Gasteiger partial charge >= 0.3 is 11.8 Å². The first-order chi connectivity index (χ1) is 13.3. The molecular formula is C16H12N2O8S2. The second-order valence-corrected chi connectivity index (χ2v) is 6.66. The Morgan fingerprint density at radius 3 is 1.14 bits per heavy atom. The number of carbonyl (C=O) groups excluding carboxylic acids is 4. The van der Waals surface area contributed by atoms with Gasteiger partial charge in [-0.2, -0.15) is 8.61 Å². The van der Waals surface area contributed by atoms with Crippen molar-refractivity contribution < 1.29 is 36.7 Å². The van der Waals surface area contributed by atoms with E-state index in [4.69, 9.17) is 0 Å². The van der Waals surface area contributed by atoms with Gasteiger partial charge in [0.25, 0.3) is 34.3 Å². The number of imide groups is 2. The van der Waals surface area contributed by atoms with E-state index in [-0.39, 0.29) is 19.7 Å². The lowest BCUT2D eigenvalue weighted by Crippen LogP contribution is -2.50. The maximum Gasteiger partial charge on any atom is 0.334 e. The Bertz CT molecular complexity index is 886. The third-order valence-corrected chi connectivity index (χ3v) is 4.56. The molecule has 12 heteroatoms. The molecule has 2 N–H and O–H groups in total. The molecule has 0 saturated heterocycles. The van der Waals surface area contributed by atoms with E-state index in [2.05, 4.69) is 0 Å². The number of rotatable bonds is 4. The maximum absolute atomic E-state index is 12.3. The van der Waals surface area contributed by atoms with Crippen molar-refractivity contribution in [3.63, 3.8) is 0 Å². The zero-order chi connectivity index (χ0) is 20.8. The van der Waals surface area contributed by atoms with Crippen molar-refractivity contribution in [3.8, 4) is 0 Å². The first-order valence-corrected chi connectivity index (χ1v) is 9.47. The minimum Gasteiger partial charge on any atom is -0.289 e. The van der Waals surface area contributed by atoms with Gasteiger partial charge in [0.1, 0.15) is 0 Å². The van der Waals surface area contributed by atoms with E-state index in [0.29, 0.717) is 0 Å². The minimum absolute atomic E-state index is 0.197. The van der Waals surface area contributed by atoms with Crippen LogP contribution in [-0.2, 0) is 32.1 Å². The highest BCUT2D eigenvalue weighted by molar-refractivity contribution is 7.79. The molecule has 2 atom stereocenters. The van der Waals surface area contributed by atoms with Crippen molar-refractivity contribution in [2.45, 2.75) is 0 Å². The molecular weight excluding hydrogens is 412 g/mol. The average molecular weight is 424 g/mol. The zero-order valence-corrected chi connectivity index (χ0v) is 15.5. The molecule has 0 heterocycles. The van der Waals surface area contributed by atoms with Gasteiger partial charge in [-0.25, -0.2) is 8.42 Å². The number of amides is 4. The van der Waals surface area contributed by atoms with Crippen LogP contribution in [0.4, 0.5) is 0 Å². The Morgan fingerprint density at radius 2 is 0.893 bits per heavy atom. The molecule has 0 spiro atoms. The maximum atomic E-state index is 12.3. The lowest BCUT2D eigenvalue weighted by atomic mass is 10.2. The van der Waals surface area contributed by atoms with E-state index in [9.17, 15) is 36.7 Å². The molecule has 10 nitrogen and oxygen atoms in total. The Labute approximate surface area is 163 Å². The first kappa shape index (κ1) is 21.2. The van der Waals surface area contributed by atoms with Gasteiger partial charge in [-0.05, 0) is 24.3 Å². The molecule has 0 saturated carbocycles. The highest BCUT2D eigenvalue weighted by Crippen LogP contribution is 2.12. The molecule has 0 aliphatic carbocycles. The molecule has 2 aromatic rings. The number of nitrogens with zero attached hydrogens (tertiary/aromatic N) is 2. The predicted molar refractivity (Wildman–Crippen MR) is 96.8 cm³/mol. The van der Waals surface area contributed by atoms with E-state index >= 15 is 0 Å². The summed E-state index contributed by atoms with van der Waals surface area (Å²) >= 11 is -6.55. The fraction of sp³-hybridized carbons (Fsp3) is 0. The second kappa shape index (κ2) is 9.23. The normalized spacial score (nSPS) is 12.5. The summed E-state index contributed by atoms with van der Waals surface area (Å²) in [7, 11) is 0. The Morgan fingerprint density at radius 1 is 0.607 bits per heavy atom. The van der Waals surface area contributed by atoms with Gasteiger partial charge < -0.3 is 0 Å². The topological polar surface area (TPSA) is 149 Å². The summed E-state index contributed by atoms with van der Waals surface area (Å²) in [6.07, 6.45) is 0. The van der Waals surface area contributed by atoms with Crippen molar-refractivity contribution in [2.24, 2.45) is 0 Å². The Kier molecular flexibility index (Phi) is 7.00. The number of hydrogen-bond donors (Lipinski definition) is 2. The molecule has 2 rings (SSSR count). The standard InChI is InChI=1S/C16H12N2O8S2/c19-13(11-7-3-1-4-8-11)17(27(23)24)15(21)16(22)18(28(25)26)14(20)12-9-5-2-6-10-12/h1-10H,(H,23,24)(H,25,26). The van der Waals surface area contributed by atoms with Crippen LogP contribution >= 0.6 is 0 Å². The predicted octanol–water partition coefficient (Wildman–Crippen LogP) is 0.598. The minimum atomic E-state index is -3.28. The van der Waals surface area contributed by atoms with Gasteiger partial charge in [0.05, 0.1) is 0 Å². The summed E-state index contributed by atoms with van der Waals surface area (Å²) in [6.45, 7) is 0. The molecule has 2 unspecified atom stereocenters. The first-order valence-electron chi connectivity index (χ1n) is 7.35. The molecule has 0 fully saturated rings. The molecule has 0 aliphatic heterocycles. The summed E-state index contributed by atoms with van der Waals surface area (Å²) in [5.74, 6) is -6.48. The summed E-state index contributed by atoms with van der Waals surface area (Å²) in [5, 5.41) is 0. The molecule has 146 valence electrons. The fourth-order valence-corrected chi connectivity index (χ4v) is 2.97. The van der Waals surface area contributed by atoms with Gasteiger partial charge in [0.15, 0.2) is 0 Å². The number of benzene rings is 2. The van der Waals surface area contributed by atoms with Crippen LogP contribution in [0.3, 0.4) is 0 Å². The third kappa shape index (κ3) is 4.61. The van der Waals surface area contributed by atoms with Crippen LogP contribution in [0.25, 0.3) is 0 Å². The van der Waals surface area contributed by atoms with Crippen molar-refractivity contribution >= 4 is 46.2 Å². The summed E-state index contributed by atoms with van der Waals surface area (Å²) in [5.41, 5.74) is -0.394. The number of hydrogen-bond acceptors (Lipinski definition) is 6. The van der Waals surface area contributed by atoms with Crippen molar-refractivity contribution in [1.82, 2.24) is 8.61 Å². The summed E-state index contributed by atoms with van der Waals surface area (Å²) in [6, 6.07) is 13.6. The molecule has 0 bridgehead atoms. The van der Waals surface area contributed by atoms with Gasteiger partial charge in [0, 0.05) is 11.1 Å². The quantitative estimate of drug-likeness (QED) is 0.535. The van der Waals surface area contributed by atoms with E-state index in [1.807, 2.05) is 0 Å². The van der Waals surface area contributed by atoms with E-state index in [0.717, 1.165) is 0 Å². The molecule has 28 heavy (non-hydrogen) atoms. The summed E-state index contributed by atoms with van der Waals surface area (Å²) in [4.78, 5) is 49.3. The van der Waals surface area contributed by atoms with Crippen LogP contribution in [0.2, 0.25) is 0 Å². The highest BCUT2D eigenvalue weighted by atomic mass is 32.2. The Balaban J connectivity index is 2.38. The largest absolute Gasteiger partial charge is 0.334 e. The SMILES string of the molecule is O=C(C(=O)N(C(=O)c1ccccc1)S(=O)O)N(C(=O)c1ccccc1)S(=O)O. The lowest BCUT2D eigenvalue weighted by molar-refractivity contribution is -0.144. The molecule has 0 radical (unpaired) electrons. The van der Waals surface area contributed by atoms with Gasteiger partial charge in [0.2, 0.25) is 0 Å². The number of carbonyl (C=O) groups is 4. The third-order valence-electron chi connectivity index (χ3n) is 3.27. The van der Waals surface area contributed by atoms with Crippen molar-refractivity contribution in [1.29, 1.82) is 0 Å². The molecule has 0 aromatic heterocycles. The molecule has 0 aliphatic rings. The van der Waals surface area contributed by atoms with Gasteiger partial charge in [-0.3, -0.25) is 28.3 Å². The molecule has 4 amide bonds. The van der Waals surface area contributed by atoms with Gasteiger partial charge in [-0.1, -0.05) is 36.4 Å². The second-order valence-electron chi connectivity index (χ2n) is 5.00. The van der Waals surface area contributed by atoms with Gasteiger partial charge in [-0.15, -0.1) is 0 Å². The van der Waals surface area contributed by atoms with E-state index < -0.39 is 46.2 Å². The van der Waals surface area contributed by atoms with E-state index in [1.54, 1.807) is 12.1 Å². The zero-order valence-electron chi connectivity index (χ0n) is 13.8. The van der Waals surface area contributed by atoms with Crippen LogP contribution in [0.5, 0.6) is 0 Å². The Hall–Kier alpha value is -3.06. The average Bonchev–Trinajstić information content (AvgIpc) is 2.68. The molecule has 2 aromatic carbocycles. The fourth-order valence-electron chi connectivity index (χ4n) is 2.04. The van der Waals surface area contributed by atoms with E-state index in [1.165, 1.54) is 48.5 Å². The van der Waals surface area contributed by atoms with Crippen LogP contribution in [0.1, 0.15) is 20.7 Å².